The molecule has 27 heavy (non-hydrogen) atoms. The zero-order chi connectivity index (χ0) is 19.0. The van der Waals surface area contributed by atoms with Crippen molar-refractivity contribution in [3.8, 4) is 0 Å². The minimum absolute atomic E-state index is 0.0303. The zero-order valence-electron chi connectivity index (χ0n) is 15.6. The Morgan fingerprint density at radius 2 is 1.85 bits per heavy atom. The van der Waals surface area contributed by atoms with Gasteiger partial charge in [-0.1, -0.05) is 6.07 Å². The van der Waals surface area contributed by atoms with Gasteiger partial charge in [0.05, 0.1) is 23.0 Å². The van der Waals surface area contributed by atoms with Crippen LogP contribution in [0.2, 0.25) is 0 Å². The number of hydrogen-bond donors (Lipinski definition) is 1. The highest BCUT2D eigenvalue weighted by Gasteiger charge is 2.25. The van der Waals surface area contributed by atoms with E-state index in [1.54, 1.807) is 0 Å². The van der Waals surface area contributed by atoms with E-state index in [2.05, 4.69) is 9.97 Å². The Hall–Kier alpha value is -3.09. The fourth-order valence-corrected chi connectivity index (χ4v) is 3.55. The predicted molar refractivity (Wildman–Crippen MR) is 102 cm³/mol. The number of H-pyrrole nitrogens is 1. The van der Waals surface area contributed by atoms with Crippen molar-refractivity contribution in [1.29, 1.82) is 0 Å². The molecule has 0 spiro atoms. The van der Waals surface area contributed by atoms with Gasteiger partial charge in [0, 0.05) is 45.6 Å². The second kappa shape index (κ2) is 6.90. The molecule has 0 saturated carbocycles. The first-order chi connectivity index (χ1) is 13.0. The Morgan fingerprint density at radius 3 is 2.56 bits per heavy atom. The number of aryl methyl sites for hydroxylation is 2. The van der Waals surface area contributed by atoms with Crippen LogP contribution in [-0.2, 0) is 18.3 Å². The second-order valence-electron chi connectivity index (χ2n) is 7.09. The molecule has 2 aromatic heterocycles. The summed E-state index contributed by atoms with van der Waals surface area (Å²) in [7, 11) is 1.90. The lowest BCUT2D eigenvalue weighted by atomic mass is 10.1. The third kappa shape index (κ3) is 3.58. The first kappa shape index (κ1) is 17.3. The fraction of sp³-hybridized carbons (Fsp3) is 0.350. The van der Waals surface area contributed by atoms with E-state index in [-0.39, 0.29) is 11.8 Å². The molecule has 1 aromatic carbocycles. The van der Waals surface area contributed by atoms with Gasteiger partial charge in [0.2, 0.25) is 5.91 Å². The maximum Gasteiger partial charge on any atom is 0.255 e. The number of hydrogen-bond acceptors (Lipinski definition) is 3. The molecule has 0 atom stereocenters. The number of aromatic nitrogens is 3. The molecule has 1 aliphatic heterocycles. The molecule has 1 N–H and O–H groups in total. The summed E-state index contributed by atoms with van der Waals surface area (Å²) >= 11 is 0. The first-order valence-corrected chi connectivity index (χ1v) is 9.14. The number of carbonyl (C=O) groups excluding carboxylic acids is 2. The summed E-state index contributed by atoms with van der Waals surface area (Å²) in [5.74, 6) is 0.993. The van der Waals surface area contributed by atoms with Crippen LogP contribution in [0.1, 0.15) is 21.7 Å². The summed E-state index contributed by atoms with van der Waals surface area (Å²) in [5, 5.41) is 0. The van der Waals surface area contributed by atoms with E-state index in [0.29, 0.717) is 38.2 Å². The quantitative estimate of drug-likeness (QED) is 0.768. The molecule has 2 amide bonds. The van der Waals surface area contributed by atoms with Crippen molar-refractivity contribution in [2.24, 2.45) is 7.05 Å². The van der Waals surface area contributed by atoms with Crippen LogP contribution in [0.3, 0.4) is 0 Å². The molecule has 7 nitrogen and oxygen atoms in total. The standard InChI is InChI=1S/C20H23N5O2/c1-14-21-17-4-3-15(11-18(17)22-14)12-19(26)24-7-9-25(10-8-24)20(27)16-5-6-23(2)13-16/h3-6,11,13H,7-10,12H2,1-2H3,(H,21,22). The predicted octanol–water partition coefficient (Wildman–Crippen LogP) is 1.74. The average molecular weight is 365 g/mol. The van der Waals surface area contributed by atoms with Gasteiger partial charge in [-0.3, -0.25) is 9.59 Å². The van der Waals surface area contributed by atoms with Crippen LogP contribution in [0.25, 0.3) is 11.0 Å². The Labute approximate surface area is 157 Å². The van der Waals surface area contributed by atoms with E-state index >= 15 is 0 Å². The molecule has 3 aromatic rings. The second-order valence-corrected chi connectivity index (χ2v) is 7.09. The minimum atomic E-state index is 0.0303. The summed E-state index contributed by atoms with van der Waals surface area (Å²) in [6.45, 7) is 4.20. The number of imidazole rings is 1. The lowest BCUT2D eigenvalue weighted by Crippen LogP contribution is -2.50. The summed E-state index contributed by atoms with van der Waals surface area (Å²) < 4.78 is 1.87. The minimum Gasteiger partial charge on any atom is -0.356 e. The van der Waals surface area contributed by atoms with Crippen LogP contribution in [0, 0.1) is 6.92 Å². The molecule has 0 radical (unpaired) electrons. The summed E-state index contributed by atoms with van der Waals surface area (Å²) in [6.07, 6.45) is 4.05. The molecule has 0 unspecified atom stereocenters. The molecule has 3 heterocycles. The number of benzene rings is 1. The normalized spacial score (nSPS) is 14.7. The number of carbonyl (C=O) groups is 2. The van der Waals surface area contributed by atoms with E-state index in [9.17, 15) is 9.59 Å². The number of fused-ring (bicyclic) bond motifs is 1. The highest BCUT2D eigenvalue weighted by atomic mass is 16.2. The number of aromatic amines is 1. The summed E-state index contributed by atoms with van der Waals surface area (Å²) in [5.41, 5.74) is 3.53. The topological polar surface area (TPSA) is 74.2 Å². The van der Waals surface area contributed by atoms with Crippen molar-refractivity contribution in [3.63, 3.8) is 0 Å². The number of nitrogens with zero attached hydrogens (tertiary/aromatic N) is 4. The van der Waals surface area contributed by atoms with Gasteiger partial charge >= 0.3 is 0 Å². The third-order valence-electron chi connectivity index (χ3n) is 5.02. The lowest BCUT2D eigenvalue weighted by Gasteiger charge is -2.34. The van der Waals surface area contributed by atoms with Crippen molar-refractivity contribution in [2.45, 2.75) is 13.3 Å². The monoisotopic (exact) mass is 365 g/mol. The molecular weight excluding hydrogens is 342 g/mol. The van der Waals surface area contributed by atoms with E-state index in [1.165, 1.54) is 0 Å². The van der Waals surface area contributed by atoms with Crippen molar-refractivity contribution >= 4 is 22.8 Å². The summed E-state index contributed by atoms with van der Waals surface area (Å²) in [6, 6.07) is 7.71. The molecule has 0 bridgehead atoms. The van der Waals surface area contributed by atoms with Crippen LogP contribution in [-0.4, -0.2) is 62.3 Å². The molecule has 4 rings (SSSR count). The van der Waals surface area contributed by atoms with Gasteiger partial charge in [0.15, 0.2) is 0 Å². The molecule has 140 valence electrons. The molecular formula is C20H23N5O2. The fourth-order valence-electron chi connectivity index (χ4n) is 3.55. The van der Waals surface area contributed by atoms with Crippen LogP contribution >= 0.6 is 0 Å². The Balaban J connectivity index is 1.35. The smallest absolute Gasteiger partial charge is 0.255 e. The van der Waals surface area contributed by atoms with Crippen molar-refractivity contribution < 1.29 is 9.59 Å². The van der Waals surface area contributed by atoms with Gasteiger partial charge in [-0.25, -0.2) is 4.98 Å². The number of piperazine rings is 1. The number of nitrogens with one attached hydrogen (secondary N) is 1. The maximum absolute atomic E-state index is 12.7. The van der Waals surface area contributed by atoms with Gasteiger partial charge in [-0.2, -0.15) is 0 Å². The maximum atomic E-state index is 12.7. The third-order valence-corrected chi connectivity index (χ3v) is 5.02. The van der Waals surface area contributed by atoms with Crippen LogP contribution in [0.15, 0.2) is 36.7 Å². The largest absolute Gasteiger partial charge is 0.356 e. The van der Waals surface area contributed by atoms with Gasteiger partial charge in [0.1, 0.15) is 5.82 Å². The van der Waals surface area contributed by atoms with Crippen LogP contribution in [0.5, 0.6) is 0 Å². The number of amides is 2. The van der Waals surface area contributed by atoms with Gasteiger partial charge in [-0.15, -0.1) is 0 Å². The zero-order valence-corrected chi connectivity index (χ0v) is 15.6. The molecule has 1 aliphatic rings. The average Bonchev–Trinajstić information content (AvgIpc) is 3.25. The van der Waals surface area contributed by atoms with E-state index in [1.807, 2.05) is 65.0 Å². The molecule has 1 saturated heterocycles. The van der Waals surface area contributed by atoms with Crippen molar-refractivity contribution in [3.05, 3.63) is 53.6 Å². The Kier molecular flexibility index (Phi) is 4.43. The highest BCUT2D eigenvalue weighted by Crippen LogP contribution is 2.15. The first-order valence-electron chi connectivity index (χ1n) is 9.14. The van der Waals surface area contributed by atoms with Gasteiger partial charge in [-0.05, 0) is 30.7 Å². The molecule has 0 aliphatic carbocycles. The van der Waals surface area contributed by atoms with Gasteiger partial charge in [0.25, 0.3) is 5.91 Å². The Bertz CT molecular complexity index is 995. The van der Waals surface area contributed by atoms with Crippen LogP contribution in [0.4, 0.5) is 0 Å². The Morgan fingerprint density at radius 1 is 1.11 bits per heavy atom. The molecule has 1 fully saturated rings. The highest BCUT2D eigenvalue weighted by molar-refractivity contribution is 5.94. The molecule has 7 heteroatoms. The van der Waals surface area contributed by atoms with E-state index in [4.69, 9.17) is 0 Å². The van der Waals surface area contributed by atoms with E-state index < -0.39 is 0 Å². The van der Waals surface area contributed by atoms with Gasteiger partial charge < -0.3 is 19.4 Å². The number of rotatable bonds is 3. The lowest BCUT2D eigenvalue weighted by molar-refractivity contribution is -0.131. The summed E-state index contributed by atoms with van der Waals surface area (Å²) in [4.78, 5) is 36.4. The van der Waals surface area contributed by atoms with Crippen molar-refractivity contribution in [1.82, 2.24) is 24.3 Å². The van der Waals surface area contributed by atoms with Crippen LogP contribution < -0.4 is 0 Å². The van der Waals surface area contributed by atoms with E-state index in [0.717, 1.165) is 22.4 Å². The SMILES string of the molecule is Cc1nc2ccc(CC(=O)N3CCN(C(=O)c4ccn(C)c4)CC3)cc2[nH]1. The van der Waals surface area contributed by atoms with Crippen molar-refractivity contribution in [2.75, 3.05) is 26.2 Å².